The summed E-state index contributed by atoms with van der Waals surface area (Å²) in [5, 5.41) is 0. The van der Waals surface area contributed by atoms with Crippen LogP contribution in [0.5, 0.6) is 0 Å². The zero-order chi connectivity index (χ0) is 8.41. The fraction of sp³-hybridized carbons (Fsp3) is 1.00. The van der Waals surface area contributed by atoms with Crippen molar-refractivity contribution in [3.63, 3.8) is 0 Å². The molecule has 0 aliphatic rings. The molecule has 0 aromatic heterocycles. The summed E-state index contributed by atoms with van der Waals surface area (Å²) in [4.78, 5) is 8.51. The molecular formula is C2H9NO5P2. The Bertz CT molecular complexity index is 196. The normalized spacial score (nSPS) is 23.2. The van der Waals surface area contributed by atoms with Crippen LogP contribution in [0.15, 0.2) is 0 Å². The van der Waals surface area contributed by atoms with Crippen molar-refractivity contribution in [2.75, 3.05) is 13.3 Å². The zero-order valence-electron chi connectivity index (χ0n) is 5.55. The van der Waals surface area contributed by atoms with Crippen LogP contribution in [0.3, 0.4) is 0 Å². The minimum Gasteiger partial charge on any atom is -0.324 e. The maximum Gasteiger partial charge on any atom is 0.350 e. The summed E-state index contributed by atoms with van der Waals surface area (Å²) in [5.74, 6) is 4.49. The Morgan fingerprint density at radius 3 is 1.90 bits per heavy atom. The molecule has 0 aliphatic carbocycles. The summed E-state index contributed by atoms with van der Waals surface area (Å²) < 4.78 is 29.0. The maximum atomic E-state index is 10.7. The van der Waals surface area contributed by atoms with E-state index in [1.54, 1.807) is 0 Å². The van der Waals surface area contributed by atoms with Crippen LogP contribution in [0.25, 0.3) is 0 Å². The van der Waals surface area contributed by atoms with Gasteiger partial charge >= 0.3 is 15.2 Å². The van der Waals surface area contributed by atoms with Gasteiger partial charge < -0.3 is 4.89 Å². The molecular weight excluding hydrogens is 180 g/mol. The third-order valence-electron chi connectivity index (χ3n) is 0.491. The van der Waals surface area contributed by atoms with E-state index in [9.17, 15) is 9.13 Å². The maximum absolute atomic E-state index is 10.7. The Kier molecular flexibility index (Phi) is 3.23. The van der Waals surface area contributed by atoms with Crippen molar-refractivity contribution in [2.45, 2.75) is 0 Å². The van der Waals surface area contributed by atoms with Crippen LogP contribution >= 0.6 is 15.2 Å². The van der Waals surface area contributed by atoms with Crippen LogP contribution in [0.1, 0.15) is 0 Å². The van der Waals surface area contributed by atoms with Gasteiger partial charge in [0.05, 0.1) is 0 Å². The van der Waals surface area contributed by atoms with Gasteiger partial charge in [-0.3, -0.25) is 9.13 Å². The van der Waals surface area contributed by atoms with E-state index in [0.717, 1.165) is 13.3 Å². The SMILES string of the molecule is CP(=O)(O)OP(C)(=O)ON. The number of hydrogen-bond donors (Lipinski definition) is 2. The van der Waals surface area contributed by atoms with Crippen molar-refractivity contribution in [1.82, 2.24) is 0 Å². The van der Waals surface area contributed by atoms with Crippen molar-refractivity contribution in [3.8, 4) is 0 Å². The summed E-state index contributed by atoms with van der Waals surface area (Å²) in [6.07, 6.45) is 0. The molecule has 0 heterocycles. The molecule has 0 aromatic rings. The summed E-state index contributed by atoms with van der Waals surface area (Å²) in [7, 11) is -7.30. The van der Waals surface area contributed by atoms with Gasteiger partial charge in [0, 0.05) is 13.3 Å². The lowest BCUT2D eigenvalue weighted by molar-refractivity contribution is 0.267. The number of hydrogen-bond acceptors (Lipinski definition) is 5. The highest BCUT2D eigenvalue weighted by atomic mass is 31.3. The molecule has 6 nitrogen and oxygen atoms in total. The fourth-order valence-electron chi connectivity index (χ4n) is 0.294. The van der Waals surface area contributed by atoms with E-state index in [0.29, 0.717) is 0 Å². The van der Waals surface area contributed by atoms with Crippen LogP contribution in [-0.4, -0.2) is 18.2 Å². The largest absolute Gasteiger partial charge is 0.350 e. The second kappa shape index (κ2) is 3.13. The Morgan fingerprint density at radius 1 is 1.40 bits per heavy atom. The average Bonchev–Trinajstić information content (AvgIpc) is 1.60. The second-order valence-electron chi connectivity index (χ2n) is 1.76. The number of rotatable bonds is 3. The van der Waals surface area contributed by atoms with Gasteiger partial charge in [0.15, 0.2) is 0 Å². The first kappa shape index (κ1) is 10.3. The van der Waals surface area contributed by atoms with Crippen LogP contribution < -0.4 is 5.90 Å². The van der Waals surface area contributed by atoms with Crippen LogP contribution in [0.4, 0.5) is 0 Å². The van der Waals surface area contributed by atoms with Gasteiger partial charge in [-0.2, -0.15) is 0 Å². The molecule has 62 valence electrons. The summed E-state index contributed by atoms with van der Waals surface area (Å²) in [6.45, 7) is 1.89. The van der Waals surface area contributed by atoms with Gasteiger partial charge in [0.25, 0.3) is 0 Å². The summed E-state index contributed by atoms with van der Waals surface area (Å²) in [6, 6.07) is 0. The third-order valence-corrected chi connectivity index (χ3v) is 3.27. The van der Waals surface area contributed by atoms with Gasteiger partial charge in [0.1, 0.15) is 0 Å². The van der Waals surface area contributed by atoms with Gasteiger partial charge in [0.2, 0.25) is 0 Å². The standard InChI is InChI=1S/C2H9NO5P2/c1-9(4,5)8-10(2,6)7-3/h3H2,1-2H3,(H,4,5). The van der Waals surface area contributed by atoms with Gasteiger partial charge in [-0.15, -0.1) is 0 Å². The summed E-state index contributed by atoms with van der Waals surface area (Å²) in [5.41, 5.74) is 0. The molecule has 0 radical (unpaired) electrons. The molecule has 0 spiro atoms. The minimum atomic E-state index is -3.77. The van der Waals surface area contributed by atoms with Gasteiger partial charge in [-0.25, -0.2) is 14.8 Å². The molecule has 0 bridgehead atoms. The molecule has 2 unspecified atom stereocenters. The average molecular weight is 189 g/mol. The summed E-state index contributed by atoms with van der Waals surface area (Å²) >= 11 is 0. The third kappa shape index (κ3) is 5.11. The predicted molar refractivity (Wildman–Crippen MR) is 35.6 cm³/mol. The minimum absolute atomic E-state index is 0.891. The molecule has 0 aliphatic heterocycles. The molecule has 3 N–H and O–H groups in total. The highest BCUT2D eigenvalue weighted by molar-refractivity contribution is 7.65. The van der Waals surface area contributed by atoms with Crippen molar-refractivity contribution < 1.29 is 23.0 Å². The first-order valence-electron chi connectivity index (χ1n) is 2.24. The van der Waals surface area contributed by atoms with Crippen molar-refractivity contribution >= 4 is 15.2 Å². The molecule has 0 aromatic carbocycles. The van der Waals surface area contributed by atoms with E-state index in [4.69, 9.17) is 4.89 Å². The predicted octanol–water partition coefficient (Wildman–Crippen LogP) is 0.531. The molecule has 2 atom stereocenters. The number of nitrogens with two attached hydrogens (primary N) is 1. The highest BCUT2D eigenvalue weighted by Crippen LogP contribution is 2.56. The van der Waals surface area contributed by atoms with E-state index in [2.05, 4.69) is 14.8 Å². The fourth-order valence-corrected chi connectivity index (χ4v) is 2.65. The van der Waals surface area contributed by atoms with Crippen molar-refractivity contribution in [3.05, 3.63) is 0 Å². The van der Waals surface area contributed by atoms with Gasteiger partial charge in [-0.05, 0) is 0 Å². The molecule has 0 amide bonds. The molecule has 10 heavy (non-hydrogen) atoms. The van der Waals surface area contributed by atoms with Crippen molar-refractivity contribution in [2.24, 2.45) is 5.90 Å². The second-order valence-corrected chi connectivity index (χ2v) is 5.77. The van der Waals surface area contributed by atoms with E-state index in [1.807, 2.05) is 0 Å². The van der Waals surface area contributed by atoms with Crippen molar-refractivity contribution in [1.29, 1.82) is 0 Å². The van der Waals surface area contributed by atoms with Gasteiger partial charge in [-0.1, -0.05) is 0 Å². The van der Waals surface area contributed by atoms with E-state index >= 15 is 0 Å². The molecule has 0 fully saturated rings. The quantitative estimate of drug-likeness (QED) is 0.496. The van der Waals surface area contributed by atoms with Crippen LogP contribution in [0.2, 0.25) is 0 Å². The monoisotopic (exact) mass is 189 g/mol. The topological polar surface area (TPSA) is 98.8 Å². The smallest absolute Gasteiger partial charge is 0.324 e. The van der Waals surface area contributed by atoms with E-state index in [-0.39, 0.29) is 0 Å². The van der Waals surface area contributed by atoms with E-state index in [1.165, 1.54) is 0 Å². The first-order chi connectivity index (χ1) is 4.27. The molecule has 0 saturated carbocycles. The molecule has 8 heteroatoms. The highest BCUT2D eigenvalue weighted by Gasteiger charge is 2.25. The first-order valence-corrected chi connectivity index (χ1v) is 6.26. The Labute approximate surface area is 58.3 Å². The van der Waals surface area contributed by atoms with E-state index < -0.39 is 15.2 Å². The molecule has 0 saturated heterocycles. The Morgan fingerprint density at radius 2 is 1.80 bits per heavy atom. The lowest BCUT2D eigenvalue weighted by Crippen LogP contribution is -1.97. The zero-order valence-corrected chi connectivity index (χ0v) is 7.34. The Balaban J connectivity index is 4.17. The van der Waals surface area contributed by atoms with Crippen LogP contribution in [0, 0.1) is 0 Å². The molecule has 0 rings (SSSR count). The van der Waals surface area contributed by atoms with Crippen LogP contribution in [-0.2, 0) is 18.1 Å². The lowest BCUT2D eigenvalue weighted by Gasteiger charge is -2.11. The lowest BCUT2D eigenvalue weighted by atomic mass is 12.0. The Hall–Kier alpha value is 0.300.